The maximum atomic E-state index is 11.7. The lowest BCUT2D eigenvalue weighted by Gasteiger charge is -2.18. The van der Waals surface area contributed by atoms with E-state index in [0.717, 1.165) is 5.75 Å². The van der Waals surface area contributed by atoms with E-state index in [1.165, 1.54) is 10.5 Å². The zero-order valence-corrected chi connectivity index (χ0v) is 12.9. The Morgan fingerprint density at radius 1 is 1.24 bits per heavy atom. The van der Waals surface area contributed by atoms with Crippen LogP contribution in [0.4, 0.5) is 0 Å². The Hall–Kier alpha value is -1.45. The number of carboxylic acid groups (broad SMARTS) is 1. The van der Waals surface area contributed by atoms with Gasteiger partial charge in [-0.25, -0.2) is 0 Å². The van der Waals surface area contributed by atoms with Crippen LogP contribution in [0, 0.1) is 0 Å². The minimum Gasteiger partial charge on any atom is -0.481 e. The highest BCUT2D eigenvalue weighted by Crippen LogP contribution is 2.44. The molecule has 1 N–H and O–H groups in total. The Morgan fingerprint density at radius 3 is 2.71 bits per heavy atom. The van der Waals surface area contributed by atoms with E-state index in [-0.39, 0.29) is 5.92 Å². The van der Waals surface area contributed by atoms with Crippen molar-refractivity contribution < 1.29 is 9.90 Å². The van der Waals surface area contributed by atoms with Crippen molar-refractivity contribution in [3.05, 3.63) is 64.7 Å². The van der Waals surface area contributed by atoms with E-state index in [1.807, 2.05) is 30.3 Å². The van der Waals surface area contributed by atoms with E-state index < -0.39 is 11.9 Å². The predicted octanol–water partition coefficient (Wildman–Crippen LogP) is 4.79. The lowest BCUT2D eigenvalue weighted by atomic mass is 9.86. The van der Waals surface area contributed by atoms with Gasteiger partial charge in [-0.15, -0.1) is 11.8 Å². The first-order valence-corrected chi connectivity index (χ1v) is 8.22. The van der Waals surface area contributed by atoms with Crippen molar-refractivity contribution in [3.8, 4) is 0 Å². The second kappa shape index (κ2) is 6.12. The molecule has 1 aliphatic rings. The van der Waals surface area contributed by atoms with Gasteiger partial charge in [-0.2, -0.15) is 0 Å². The van der Waals surface area contributed by atoms with Crippen LogP contribution in [-0.2, 0) is 4.79 Å². The van der Waals surface area contributed by atoms with Gasteiger partial charge < -0.3 is 5.11 Å². The zero-order chi connectivity index (χ0) is 14.8. The van der Waals surface area contributed by atoms with Gasteiger partial charge in [0.1, 0.15) is 0 Å². The number of hydrogen-bond donors (Lipinski definition) is 1. The Bertz CT molecular complexity index is 671. The number of carboxylic acids is 1. The van der Waals surface area contributed by atoms with Crippen molar-refractivity contribution in [2.45, 2.75) is 23.2 Å². The number of fused-ring (bicyclic) bond motifs is 1. The van der Waals surface area contributed by atoms with E-state index in [1.54, 1.807) is 17.8 Å². The summed E-state index contributed by atoms with van der Waals surface area (Å²) in [5.41, 5.74) is 1.97. The number of benzene rings is 2. The molecule has 108 valence electrons. The van der Waals surface area contributed by atoms with Gasteiger partial charge in [0.05, 0.1) is 5.92 Å². The first-order valence-electron chi connectivity index (χ1n) is 6.85. The number of hydrogen-bond acceptors (Lipinski definition) is 2. The minimum atomic E-state index is -0.808. The van der Waals surface area contributed by atoms with Gasteiger partial charge in [-0.1, -0.05) is 48.0 Å². The number of aliphatic carboxylic acids is 1. The standard InChI is InChI=1S/C17H15ClO2S/c18-15-7-3-1-6-13(15)14(17(19)20)9-11-10-21-16-8-4-2-5-12(11)16/h1-8,11,14H,9-10H2,(H,19,20). The molecule has 0 radical (unpaired) electrons. The number of thioether (sulfide) groups is 1. The summed E-state index contributed by atoms with van der Waals surface area (Å²) in [7, 11) is 0. The van der Waals surface area contributed by atoms with Gasteiger partial charge in [-0.05, 0) is 35.6 Å². The van der Waals surface area contributed by atoms with Gasteiger partial charge >= 0.3 is 5.97 Å². The maximum Gasteiger partial charge on any atom is 0.311 e. The van der Waals surface area contributed by atoms with Crippen LogP contribution in [-0.4, -0.2) is 16.8 Å². The number of halogens is 1. The highest BCUT2D eigenvalue weighted by atomic mass is 35.5. The monoisotopic (exact) mass is 318 g/mol. The largest absolute Gasteiger partial charge is 0.481 e. The Kier molecular flexibility index (Phi) is 4.22. The van der Waals surface area contributed by atoms with Crippen molar-refractivity contribution >= 4 is 29.3 Å². The molecule has 2 nitrogen and oxygen atoms in total. The summed E-state index contributed by atoms with van der Waals surface area (Å²) in [6, 6.07) is 15.5. The molecule has 0 aromatic heterocycles. The van der Waals surface area contributed by atoms with E-state index in [4.69, 9.17) is 11.6 Å². The fraction of sp³-hybridized carbons (Fsp3) is 0.235. The van der Waals surface area contributed by atoms with E-state index >= 15 is 0 Å². The van der Waals surface area contributed by atoms with E-state index in [2.05, 4.69) is 12.1 Å². The molecule has 0 aliphatic carbocycles. The molecule has 3 rings (SSSR count). The third-order valence-electron chi connectivity index (χ3n) is 3.90. The zero-order valence-electron chi connectivity index (χ0n) is 11.3. The molecular formula is C17H15ClO2S. The Labute approximate surface area is 133 Å². The van der Waals surface area contributed by atoms with Gasteiger partial charge in [0, 0.05) is 15.7 Å². The third-order valence-corrected chi connectivity index (χ3v) is 5.49. The summed E-state index contributed by atoms with van der Waals surface area (Å²) in [4.78, 5) is 13.0. The van der Waals surface area contributed by atoms with Crippen LogP contribution in [0.25, 0.3) is 0 Å². The first-order chi connectivity index (χ1) is 10.2. The summed E-state index contributed by atoms with van der Waals surface area (Å²) < 4.78 is 0. The molecule has 2 aromatic rings. The summed E-state index contributed by atoms with van der Waals surface area (Å²) in [6.45, 7) is 0. The third kappa shape index (κ3) is 2.94. The summed E-state index contributed by atoms with van der Waals surface area (Å²) in [6.07, 6.45) is 0.586. The molecule has 2 aromatic carbocycles. The smallest absolute Gasteiger partial charge is 0.311 e. The molecule has 2 atom stereocenters. The number of rotatable bonds is 4. The van der Waals surface area contributed by atoms with Gasteiger partial charge in [0.25, 0.3) is 0 Å². The van der Waals surface area contributed by atoms with Crippen molar-refractivity contribution in [2.24, 2.45) is 0 Å². The van der Waals surface area contributed by atoms with E-state index in [0.29, 0.717) is 17.0 Å². The molecule has 0 bridgehead atoms. The van der Waals surface area contributed by atoms with Crippen LogP contribution in [0.1, 0.15) is 29.4 Å². The first kappa shape index (κ1) is 14.5. The molecule has 0 amide bonds. The Balaban J connectivity index is 1.88. The van der Waals surface area contributed by atoms with Crippen molar-refractivity contribution in [2.75, 3.05) is 5.75 Å². The molecule has 0 saturated heterocycles. The van der Waals surface area contributed by atoms with Gasteiger partial charge in [0.2, 0.25) is 0 Å². The van der Waals surface area contributed by atoms with Crippen LogP contribution in [0.15, 0.2) is 53.4 Å². The SMILES string of the molecule is O=C(O)C(CC1CSc2ccccc21)c1ccccc1Cl. The number of carbonyl (C=O) groups is 1. The van der Waals surface area contributed by atoms with Crippen LogP contribution < -0.4 is 0 Å². The molecule has 1 aliphatic heterocycles. The molecule has 4 heteroatoms. The molecule has 0 spiro atoms. The van der Waals surface area contributed by atoms with Crippen LogP contribution in [0.5, 0.6) is 0 Å². The molecule has 21 heavy (non-hydrogen) atoms. The summed E-state index contributed by atoms with van der Waals surface area (Å²) in [5.74, 6) is -0.162. The van der Waals surface area contributed by atoms with E-state index in [9.17, 15) is 9.90 Å². The quantitative estimate of drug-likeness (QED) is 0.880. The maximum absolute atomic E-state index is 11.7. The minimum absolute atomic E-state index is 0.267. The second-order valence-corrected chi connectivity index (χ2v) is 6.66. The summed E-state index contributed by atoms with van der Waals surface area (Å²) in [5, 5.41) is 10.1. The lowest BCUT2D eigenvalue weighted by molar-refractivity contribution is -0.139. The van der Waals surface area contributed by atoms with Crippen molar-refractivity contribution in [1.29, 1.82) is 0 Å². The lowest BCUT2D eigenvalue weighted by Crippen LogP contribution is -2.16. The molecular weight excluding hydrogens is 304 g/mol. The van der Waals surface area contributed by atoms with Crippen molar-refractivity contribution in [3.63, 3.8) is 0 Å². The van der Waals surface area contributed by atoms with Crippen LogP contribution in [0.2, 0.25) is 5.02 Å². The molecule has 0 fully saturated rings. The Morgan fingerprint density at radius 2 is 1.95 bits per heavy atom. The topological polar surface area (TPSA) is 37.3 Å². The molecule has 1 heterocycles. The fourth-order valence-corrected chi connectivity index (χ4v) is 4.37. The second-order valence-electron chi connectivity index (χ2n) is 5.19. The van der Waals surface area contributed by atoms with Crippen LogP contribution in [0.3, 0.4) is 0 Å². The highest BCUT2D eigenvalue weighted by Gasteiger charge is 2.30. The van der Waals surface area contributed by atoms with Crippen LogP contribution >= 0.6 is 23.4 Å². The molecule has 2 unspecified atom stereocenters. The highest BCUT2D eigenvalue weighted by molar-refractivity contribution is 7.99. The van der Waals surface area contributed by atoms with Gasteiger partial charge in [-0.3, -0.25) is 4.79 Å². The fourth-order valence-electron chi connectivity index (χ4n) is 2.83. The average Bonchev–Trinajstić information content (AvgIpc) is 2.89. The normalized spacial score (nSPS) is 18.2. The summed E-state index contributed by atoms with van der Waals surface area (Å²) >= 11 is 7.98. The predicted molar refractivity (Wildman–Crippen MR) is 86.4 cm³/mol. The average molecular weight is 319 g/mol. The molecule has 0 saturated carbocycles. The van der Waals surface area contributed by atoms with Gasteiger partial charge in [0.15, 0.2) is 0 Å². The van der Waals surface area contributed by atoms with Crippen molar-refractivity contribution in [1.82, 2.24) is 0 Å².